The summed E-state index contributed by atoms with van der Waals surface area (Å²) in [6.45, 7) is 0.409. The lowest BCUT2D eigenvalue weighted by Gasteiger charge is -2.07. The highest BCUT2D eigenvalue weighted by atomic mass is 19.4. The van der Waals surface area contributed by atoms with Crippen LogP contribution in [0.25, 0.3) is 0 Å². The van der Waals surface area contributed by atoms with Crippen molar-refractivity contribution in [1.82, 2.24) is 4.98 Å². The highest BCUT2D eigenvalue weighted by Gasteiger charge is 2.25. The molecule has 0 aliphatic rings. The fraction of sp³-hybridized carbons (Fsp3) is 0.545. The van der Waals surface area contributed by atoms with Crippen LogP contribution in [-0.2, 0) is 11.3 Å². The van der Waals surface area contributed by atoms with Gasteiger partial charge in [0.15, 0.2) is 0 Å². The number of aromatic nitrogens is 1. The van der Waals surface area contributed by atoms with Crippen LogP contribution in [0.15, 0.2) is 18.3 Å². The van der Waals surface area contributed by atoms with Crippen LogP contribution < -0.4 is 5.32 Å². The molecule has 0 bridgehead atoms. The Hall–Kier alpha value is -1.30. The molecule has 6 heteroatoms. The number of rotatable bonds is 6. The van der Waals surface area contributed by atoms with Crippen LogP contribution in [0.2, 0.25) is 0 Å². The SMILES string of the molecule is CNc1cc(COCCCC(F)(F)F)ccn1. The fourth-order valence-electron chi connectivity index (χ4n) is 1.27. The standard InChI is InChI=1S/C11H15F3N2O/c1-15-10-7-9(3-5-16-10)8-17-6-2-4-11(12,13)14/h3,5,7H,2,4,6,8H2,1H3,(H,15,16). The van der Waals surface area contributed by atoms with Crippen LogP contribution in [0.1, 0.15) is 18.4 Å². The zero-order valence-electron chi connectivity index (χ0n) is 9.55. The molecule has 0 aliphatic heterocycles. The van der Waals surface area contributed by atoms with Crippen LogP contribution in [0.5, 0.6) is 0 Å². The average Bonchev–Trinajstić information content (AvgIpc) is 2.27. The summed E-state index contributed by atoms with van der Waals surface area (Å²) in [7, 11) is 1.75. The van der Waals surface area contributed by atoms with Crippen molar-refractivity contribution in [3.8, 4) is 0 Å². The Morgan fingerprint density at radius 3 is 2.82 bits per heavy atom. The maximum atomic E-state index is 11.8. The first-order chi connectivity index (χ1) is 8.01. The minimum absolute atomic E-state index is 0.00648. The number of halogens is 3. The molecule has 17 heavy (non-hydrogen) atoms. The predicted molar refractivity (Wildman–Crippen MR) is 58.7 cm³/mol. The van der Waals surface area contributed by atoms with E-state index in [1.807, 2.05) is 0 Å². The van der Waals surface area contributed by atoms with Gasteiger partial charge in [0.2, 0.25) is 0 Å². The Morgan fingerprint density at radius 1 is 1.41 bits per heavy atom. The van der Waals surface area contributed by atoms with E-state index in [9.17, 15) is 13.2 Å². The molecule has 1 rings (SSSR count). The Bertz CT molecular complexity index is 342. The first-order valence-electron chi connectivity index (χ1n) is 5.28. The Labute approximate surface area is 98.0 Å². The van der Waals surface area contributed by atoms with E-state index >= 15 is 0 Å². The van der Waals surface area contributed by atoms with Gasteiger partial charge in [-0.3, -0.25) is 0 Å². The molecule has 0 radical (unpaired) electrons. The van der Waals surface area contributed by atoms with Crippen LogP contribution in [-0.4, -0.2) is 24.8 Å². The van der Waals surface area contributed by atoms with Crippen LogP contribution in [0.3, 0.4) is 0 Å². The summed E-state index contributed by atoms with van der Waals surface area (Å²) in [5.41, 5.74) is 0.886. The first kappa shape index (κ1) is 13.8. The van der Waals surface area contributed by atoms with Crippen LogP contribution >= 0.6 is 0 Å². The molecular weight excluding hydrogens is 233 g/mol. The molecule has 1 aromatic rings. The van der Waals surface area contributed by atoms with Gasteiger partial charge in [0, 0.05) is 26.3 Å². The Kier molecular flexibility index (Phi) is 5.21. The van der Waals surface area contributed by atoms with E-state index in [0.29, 0.717) is 12.4 Å². The van der Waals surface area contributed by atoms with Gasteiger partial charge in [-0.05, 0) is 24.1 Å². The largest absolute Gasteiger partial charge is 0.389 e. The third-order valence-electron chi connectivity index (χ3n) is 2.10. The van der Waals surface area contributed by atoms with E-state index in [2.05, 4.69) is 10.3 Å². The second-order valence-electron chi connectivity index (χ2n) is 3.57. The number of ether oxygens (including phenoxy) is 1. The van der Waals surface area contributed by atoms with Gasteiger partial charge < -0.3 is 10.1 Å². The maximum Gasteiger partial charge on any atom is 0.389 e. The minimum atomic E-state index is -4.10. The normalized spacial score (nSPS) is 11.5. The van der Waals surface area contributed by atoms with Gasteiger partial charge in [0.25, 0.3) is 0 Å². The molecule has 0 fully saturated rings. The fourth-order valence-corrected chi connectivity index (χ4v) is 1.27. The molecule has 0 aromatic carbocycles. The monoisotopic (exact) mass is 248 g/mol. The lowest BCUT2D eigenvalue weighted by molar-refractivity contribution is -0.138. The molecule has 1 aromatic heterocycles. The van der Waals surface area contributed by atoms with Crippen molar-refractivity contribution < 1.29 is 17.9 Å². The van der Waals surface area contributed by atoms with Crippen LogP contribution in [0.4, 0.5) is 19.0 Å². The van der Waals surface area contributed by atoms with E-state index in [-0.39, 0.29) is 13.0 Å². The zero-order valence-corrected chi connectivity index (χ0v) is 9.55. The summed E-state index contributed by atoms with van der Waals surface area (Å²) >= 11 is 0. The molecule has 0 atom stereocenters. The van der Waals surface area contributed by atoms with Crippen molar-refractivity contribution in [2.75, 3.05) is 19.0 Å². The molecule has 3 nitrogen and oxygen atoms in total. The number of nitrogens with one attached hydrogen (secondary N) is 1. The number of pyridine rings is 1. The molecule has 0 saturated heterocycles. The first-order valence-corrected chi connectivity index (χ1v) is 5.28. The molecule has 0 amide bonds. The molecule has 0 saturated carbocycles. The van der Waals surface area contributed by atoms with Crippen molar-refractivity contribution in [2.45, 2.75) is 25.6 Å². The highest BCUT2D eigenvalue weighted by Crippen LogP contribution is 2.21. The van der Waals surface area contributed by atoms with Crippen LogP contribution in [0, 0.1) is 0 Å². The number of hydrogen-bond acceptors (Lipinski definition) is 3. The van der Waals surface area contributed by atoms with Crippen molar-refractivity contribution in [3.05, 3.63) is 23.9 Å². The van der Waals surface area contributed by atoms with E-state index in [1.165, 1.54) is 0 Å². The third-order valence-corrected chi connectivity index (χ3v) is 2.10. The number of anilines is 1. The van der Waals surface area contributed by atoms with Gasteiger partial charge in [0.05, 0.1) is 6.61 Å². The molecule has 1 heterocycles. The average molecular weight is 248 g/mol. The van der Waals surface area contributed by atoms with Crippen molar-refractivity contribution >= 4 is 5.82 Å². The Balaban J connectivity index is 2.22. The minimum Gasteiger partial charge on any atom is -0.377 e. The van der Waals surface area contributed by atoms with Crippen molar-refractivity contribution in [2.24, 2.45) is 0 Å². The summed E-state index contributed by atoms with van der Waals surface area (Å²) in [5, 5.41) is 2.87. The summed E-state index contributed by atoms with van der Waals surface area (Å²) < 4.78 is 40.7. The summed E-state index contributed by atoms with van der Waals surface area (Å²) in [6.07, 6.45) is -3.28. The van der Waals surface area contributed by atoms with Crippen molar-refractivity contribution in [1.29, 1.82) is 0 Å². The molecule has 96 valence electrons. The molecule has 0 spiro atoms. The lowest BCUT2D eigenvalue weighted by Crippen LogP contribution is -2.08. The van der Waals surface area contributed by atoms with Gasteiger partial charge in [0.1, 0.15) is 5.82 Å². The van der Waals surface area contributed by atoms with Gasteiger partial charge in [-0.15, -0.1) is 0 Å². The lowest BCUT2D eigenvalue weighted by atomic mass is 10.3. The molecule has 1 N–H and O–H groups in total. The summed E-state index contributed by atoms with van der Waals surface area (Å²) in [5.74, 6) is 0.710. The number of nitrogens with zero attached hydrogens (tertiary/aromatic N) is 1. The van der Waals surface area contributed by atoms with Gasteiger partial charge >= 0.3 is 6.18 Å². The van der Waals surface area contributed by atoms with E-state index in [4.69, 9.17) is 4.74 Å². The Morgan fingerprint density at radius 2 is 2.18 bits per heavy atom. The summed E-state index contributed by atoms with van der Waals surface area (Å²) in [6, 6.07) is 3.56. The number of hydrogen-bond donors (Lipinski definition) is 1. The quantitative estimate of drug-likeness (QED) is 0.786. The summed E-state index contributed by atoms with van der Waals surface area (Å²) in [4.78, 5) is 4.02. The maximum absolute atomic E-state index is 11.8. The topological polar surface area (TPSA) is 34.1 Å². The van der Waals surface area contributed by atoms with E-state index < -0.39 is 12.6 Å². The smallest absolute Gasteiger partial charge is 0.377 e. The van der Waals surface area contributed by atoms with Gasteiger partial charge in [-0.2, -0.15) is 13.2 Å². The predicted octanol–water partition coefficient (Wildman–Crippen LogP) is 2.98. The van der Waals surface area contributed by atoms with Gasteiger partial charge in [-0.25, -0.2) is 4.98 Å². The third kappa shape index (κ3) is 6.11. The molecule has 0 unspecified atom stereocenters. The van der Waals surface area contributed by atoms with E-state index in [0.717, 1.165) is 5.56 Å². The van der Waals surface area contributed by atoms with Gasteiger partial charge in [-0.1, -0.05) is 0 Å². The highest BCUT2D eigenvalue weighted by molar-refractivity contribution is 5.36. The zero-order chi connectivity index (χ0) is 12.7. The molecular formula is C11H15F3N2O. The second kappa shape index (κ2) is 6.44. The molecule has 0 aliphatic carbocycles. The van der Waals surface area contributed by atoms with E-state index in [1.54, 1.807) is 25.4 Å². The second-order valence-corrected chi connectivity index (χ2v) is 3.57. The number of alkyl halides is 3. The van der Waals surface area contributed by atoms with Crippen molar-refractivity contribution in [3.63, 3.8) is 0 Å².